The lowest BCUT2D eigenvalue weighted by Crippen LogP contribution is -2.28. The Morgan fingerprint density at radius 2 is 2.38 bits per heavy atom. The van der Waals surface area contributed by atoms with E-state index >= 15 is 0 Å². The molecule has 0 aromatic carbocycles. The predicted octanol–water partition coefficient (Wildman–Crippen LogP) is 0.870. The topological polar surface area (TPSA) is 47.7 Å². The molecule has 2 aromatic heterocycles. The first-order chi connectivity index (χ1) is 7.90. The summed E-state index contributed by atoms with van der Waals surface area (Å²) in [6.45, 7) is 5.89. The summed E-state index contributed by atoms with van der Waals surface area (Å²) in [5, 5.41) is 3.32. The molecule has 1 N–H and O–H groups in total. The number of hydrogen-bond acceptors (Lipinski definition) is 3. The van der Waals surface area contributed by atoms with Crippen LogP contribution in [-0.2, 0) is 19.6 Å². The molecule has 0 spiro atoms. The lowest BCUT2D eigenvalue weighted by atomic mass is 10.3. The third kappa shape index (κ3) is 1.36. The second kappa shape index (κ2) is 3.75. The van der Waals surface area contributed by atoms with Crippen LogP contribution in [0.2, 0.25) is 0 Å². The molecule has 0 bridgehead atoms. The molecule has 0 atom stereocenters. The van der Waals surface area contributed by atoms with Gasteiger partial charge in [0.1, 0.15) is 11.5 Å². The van der Waals surface area contributed by atoms with E-state index in [1.165, 1.54) is 0 Å². The van der Waals surface area contributed by atoms with Crippen LogP contribution in [0.4, 0.5) is 0 Å². The molecule has 2 aromatic rings. The van der Waals surface area contributed by atoms with Crippen LogP contribution in [0.1, 0.15) is 12.7 Å². The molecule has 3 rings (SSSR count). The van der Waals surface area contributed by atoms with Crippen LogP contribution in [-0.4, -0.2) is 25.6 Å². The summed E-state index contributed by atoms with van der Waals surface area (Å²) in [6.07, 6.45) is 5.78. The van der Waals surface area contributed by atoms with E-state index in [0.29, 0.717) is 0 Å². The van der Waals surface area contributed by atoms with E-state index in [0.717, 1.165) is 43.5 Å². The summed E-state index contributed by atoms with van der Waals surface area (Å²) >= 11 is 0. The Morgan fingerprint density at radius 3 is 3.25 bits per heavy atom. The van der Waals surface area contributed by atoms with E-state index in [-0.39, 0.29) is 0 Å². The van der Waals surface area contributed by atoms with Gasteiger partial charge in [-0.15, -0.1) is 0 Å². The molecular formula is C11H15N5. The maximum atomic E-state index is 4.44. The Bertz CT molecular complexity index is 496. The van der Waals surface area contributed by atoms with Gasteiger partial charge in [-0.2, -0.15) is 0 Å². The molecule has 1 aliphatic heterocycles. The van der Waals surface area contributed by atoms with Gasteiger partial charge in [-0.05, 0) is 6.92 Å². The van der Waals surface area contributed by atoms with Crippen LogP contribution >= 0.6 is 0 Å². The normalized spacial score (nSPS) is 15.1. The molecule has 5 nitrogen and oxygen atoms in total. The first-order valence-electron chi connectivity index (χ1n) is 5.66. The van der Waals surface area contributed by atoms with Gasteiger partial charge in [-0.1, -0.05) is 0 Å². The predicted molar refractivity (Wildman–Crippen MR) is 60.8 cm³/mol. The first kappa shape index (κ1) is 9.59. The summed E-state index contributed by atoms with van der Waals surface area (Å²) in [5.41, 5.74) is 1.13. The molecule has 16 heavy (non-hydrogen) atoms. The molecule has 3 heterocycles. The highest BCUT2D eigenvalue weighted by Gasteiger charge is 2.17. The van der Waals surface area contributed by atoms with E-state index in [2.05, 4.69) is 31.3 Å². The number of imidazole rings is 2. The highest BCUT2D eigenvalue weighted by molar-refractivity contribution is 5.50. The maximum absolute atomic E-state index is 4.44. The molecular weight excluding hydrogens is 202 g/mol. The Hall–Kier alpha value is -1.62. The summed E-state index contributed by atoms with van der Waals surface area (Å²) in [4.78, 5) is 8.85. The van der Waals surface area contributed by atoms with Crippen molar-refractivity contribution in [2.45, 2.75) is 26.6 Å². The smallest absolute Gasteiger partial charge is 0.158 e. The average Bonchev–Trinajstić information content (AvgIpc) is 2.94. The van der Waals surface area contributed by atoms with Gasteiger partial charge < -0.3 is 14.5 Å². The molecule has 0 fully saturated rings. The zero-order chi connectivity index (χ0) is 11.0. The molecule has 0 saturated heterocycles. The lowest BCUT2D eigenvalue weighted by Gasteiger charge is -2.17. The van der Waals surface area contributed by atoms with E-state index < -0.39 is 0 Å². The van der Waals surface area contributed by atoms with Gasteiger partial charge in [0.2, 0.25) is 0 Å². The zero-order valence-corrected chi connectivity index (χ0v) is 9.35. The van der Waals surface area contributed by atoms with Crippen LogP contribution in [0.3, 0.4) is 0 Å². The van der Waals surface area contributed by atoms with Crippen molar-refractivity contribution in [3.63, 3.8) is 0 Å². The molecule has 0 amide bonds. The molecule has 0 saturated carbocycles. The quantitative estimate of drug-likeness (QED) is 0.812. The number of rotatable bonds is 2. The first-order valence-corrected chi connectivity index (χ1v) is 5.66. The van der Waals surface area contributed by atoms with Gasteiger partial charge in [-0.3, -0.25) is 0 Å². The van der Waals surface area contributed by atoms with Crippen LogP contribution in [0.15, 0.2) is 18.6 Å². The third-order valence-electron chi connectivity index (χ3n) is 3.02. The van der Waals surface area contributed by atoms with Gasteiger partial charge in [0.25, 0.3) is 0 Å². The number of fused-ring (bicyclic) bond motifs is 1. The Morgan fingerprint density at radius 1 is 1.44 bits per heavy atom. The van der Waals surface area contributed by atoms with E-state index in [9.17, 15) is 0 Å². The fourth-order valence-corrected chi connectivity index (χ4v) is 2.17. The second-order valence-electron chi connectivity index (χ2n) is 3.92. The van der Waals surface area contributed by atoms with Crippen molar-refractivity contribution < 1.29 is 0 Å². The van der Waals surface area contributed by atoms with E-state index in [4.69, 9.17) is 0 Å². The monoisotopic (exact) mass is 217 g/mol. The van der Waals surface area contributed by atoms with Crippen molar-refractivity contribution in [2.24, 2.45) is 0 Å². The number of nitrogens with zero attached hydrogens (tertiary/aromatic N) is 4. The number of hydrogen-bond donors (Lipinski definition) is 1. The molecule has 0 radical (unpaired) electrons. The summed E-state index contributed by atoms with van der Waals surface area (Å²) in [6, 6.07) is 0. The van der Waals surface area contributed by atoms with Crippen molar-refractivity contribution in [3.8, 4) is 11.5 Å². The van der Waals surface area contributed by atoms with Crippen LogP contribution in [0.5, 0.6) is 0 Å². The van der Waals surface area contributed by atoms with Gasteiger partial charge >= 0.3 is 0 Å². The second-order valence-corrected chi connectivity index (χ2v) is 3.92. The molecule has 1 aliphatic rings. The summed E-state index contributed by atoms with van der Waals surface area (Å²) in [7, 11) is 0. The lowest BCUT2D eigenvalue weighted by molar-refractivity contribution is 0.507. The van der Waals surface area contributed by atoms with Crippen molar-refractivity contribution in [2.75, 3.05) is 6.54 Å². The zero-order valence-electron chi connectivity index (χ0n) is 9.35. The Labute approximate surface area is 94.1 Å². The fraction of sp³-hybridized carbons (Fsp3) is 0.455. The molecule has 5 heteroatoms. The number of aryl methyl sites for hydroxylation is 1. The van der Waals surface area contributed by atoms with Crippen LogP contribution in [0.25, 0.3) is 11.5 Å². The minimum atomic E-state index is 0.854. The maximum Gasteiger partial charge on any atom is 0.158 e. The Kier molecular flexibility index (Phi) is 2.25. The minimum absolute atomic E-state index is 0.854. The average molecular weight is 217 g/mol. The van der Waals surface area contributed by atoms with Crippen molar-refractivity contribution in [1.82, 2.24) is 24.4 Å². The standard InChI is InChI=1S/C11H15N5/c1-2-15-5-4-13-11(15)9-7-14-10-8-12-3-6-16(9)10/h4-5,7,12H,2-3,6,8H2,1H3. The summed E-state index contributed by atoms with van der Waals surface area (Å²) < 4.78 is 4.40. The van der Waals surface area contributed by atoms with Crippen molar-refractivity contribution >= 4 is 0 Å². The highest BCUT2D eigenvalue weighted by atomic mass is 15.2. The third-order valence-corrected chi connectivity index (χ3v) is 3.02. The minimum Gasteiger partial charge on any atom is -0.330 e. The van der Waals surface area contributed by atoms with E-state index in [1.807, 2.05) is 18.6 Å². The van der Waals surface area contributed by atoms with Crippen LogP contribution < -0.4 is 5.32 Å². The highest BCUT2D eigenvalue weighted by Crippen LogP contribution is 2.20. The summed E-state index contributed by atoms with van der Waals surface area (Å²) in [5.74, 6) is 2.12. The van der Waals surface area contributed by atoms with Gasteiger partial charge in [0, 0.05) is 32.0 Å². The van der Waals surface area contributed by atoms with Gasteiger partial charge in [-0.25, -0.2) is 9.97 Å². The SMILES string of the molecule is CCn1ccnc1-c1cnc2n1CCNC2. The van der Waals surface area contributed by atoms with E-state index in [1.54, 1.807) is 0 Å². The number of aromatic nitrogens is 4. The molecule has 0 aliphatic carbocycles. The largest absolute Gasteiger partial charge is 0.330 e. The van der Waals surface area contributed by atoms with Crippen molar-refractivity contribution in [3.05, 3.63) is 24.4 Å². The van der Waals surface area contributed by atoms with Gasteiger partial charge in [0.05, 0.1) is 12.7 Å². The molecule has 0 unspecified atom stereocenters. The van der Waals surface area contributed by atoms with Gasteiger partial charge in [0.15, 0.2) is 5.82 Å². The fourth-order valence-electron chi connectivity index (χ4n) is 2.17. The Balaban J connectivity index is 2.09. The molecule has 84 valence electrons. The van der Waals surface area contributed by atoms with Crippen molar-refractivity contribution in [1.29, 1.82) is 0 Å². The number of nitrogens with one attached hydrogen (secondary N) is 1. The van der Waals surface area contributed by atoms with Crippen LogP contribution in [0, 0.1) is 0 Å².